The van der Waals surface area contributed by atoms with E-state index in [-0.39, 0.29) is 12.0 Å². The number of nitrogens with one attached hydrogen (secondary N) is 1. The maximum atomic E-state index is 11.9. The monoisotopic (exact) mass is 280 g/mol. The van der Waals surface area contributed by atoms with Crippen molar-refractivity contribution in [3.8, 4) is 5.75 Å². The third kappa shape index (κ3) is 6.04. The molecule has 0 fully saturated rings. The summed E-state index contributed by atoms with van der Waals surface area (Å²) in [5.74, 6) is 0.613. The number of carbonyl (C=O) groups is 1. The Bertz CT molecular complexity index is 421. The van der Waals surface area contributed by atoms with E-state index in [1.807, 2.05) is 36.2 Å². The minimum atomic E-state index is -0.306. The Hall–Kier alpha value is -1.59. The third-order valence-corrected chi connectivity index (χ3v) is 3.03. The van der Waals surface area contributed by atoms with Gasteiger partial charge in [-0.3, -0.25) is 4.79 Å². The van der Waals surface area contributed by atoms with E-state index < -0.39 is 0 Å². The molecule has 0 saturated heterocycles. The van der Waals surface area contributed by atoms with Crippen molar-refractivity contribution in [1.29, 1.82) is 0 Å². The fraction of sp³-hybridized carbons (Fsp3) is 0.533. The molecule has 0 aliphatic rings. The second-order valence-corrected chi connectivity index (χ2v) is 4.94. The van der Waals surface area contributed by atoms with E-state index >= 15 is 0 Å². The number of rotatable bonds is 8. The lowest BCUT2D eigenvalue weighted by atomic mass is 10.2. The van der Waals surface area contributed by atoms with Gasteiger partial charge in [0.1, 0.15) is 5.75 Å². The largest absolute Gasteiger partial charge is 0.495 e. The van der Waals surface area contributed by atoms with Crippen LogP contribution >= 0.6 is 0 Å². The Kier molecular flexibility index (Phi) is 7.04. The Balaban J connectivity index is 2.36. The highest BCUT2D eigenvalue weighted by Gasteiger charge is 2.08. The number of aliphatic hydroxyl groups is 1. The van der Waals surface area contributed by atoms with Gasteiger partial charge in [0.25, 0.3) is 0 Å². The zero-order chi connectivity index (χ0) is 15.0. The van der Waals surface area contributed by atoms with Crippen molar-refractivity contribution in [2.45, 2.75) is 25.9 Å². The molecular weight excluding hydrogens is 256 g/mol. The summed E-state index contributed by atoms with van der Waals surface area (Å²) in [5.41, 5.74) is 0.687. The molecule has 0 saturated carbocycles. The van der Waals surface area contributed by atoms with Gasteiger partial charge in [-0.05, 0) is 32.5 Å². The van der Waals surface area contributed by atoms with Gasteiger partial charge in [0.15, 0.2) is 0 Å². The lowest BCUT2D eigenvalue weighted by molar-refractivity contribution is -0.116. The summed E-state index contributed by atoms with van der Waals surface area (Å²) in [6.07, 6.45) is 0.818. The van der Waals surface area contributed by atoms with Crippen molar-refractivity contribution in [1.82, 2.24) is 4.90 Å². The number of benzene rings is 1. The number of amides is 1. The molecule has 5 heteroatoms. The van der Waals surface area contributed by atoms with Crippen LogP contribution in [0.5, 0.6) is 5.75 Å². The molecule has 0 bridgehead atoms. The van der Waals surface area contributed by atoms with Crippen molar-refractivity contribution in [3.63, 3.8) is 0 Å². The number of methoxy groups -OCH3 is 1. The second kappa shape index (κ2) is 8.55. The van der Waals surface area contributed by atoms with Gasteiger partial charge >= 0.3 is 0 Å². The van der Waals surface area contributed by atoms with Gasteiger partial charge in [-0.2, -0.15) is 0 Å². The van der Waals surface area contributed by atoms with E-state index in [0.29, 0.717) is 30.8 Å². The highest BCUT2D eigenvalue weighted by atomic mass is 16.5. The number of aliphatic hydroxyl groups excluding tert-OH is 1. The van der Waals surface area contributed by atoms with Crippen molar-refractivity contribution in [2.24, 2.45) is 0 Å². The molecule has 1 aromatic rings. The zero-order valence-corrected chi connectivity index (χ0v) is 12.4. The number of anilines is 1. The van der Waals surface area contributed by atoms with Crippen molar-refractivity contribution >= 4 is 11.6 Å². The molecule has 0 aromatic heterocycles. The van der Waals surface area contributed by atoms with Crippen LogP contribution in [-0.2, 0) is 4.79 Å². The molecular formula is C15H24N2O3. The van der Waals surface area contributed by atoms with E-state index in [1.54, 1.807) is 14.0 Å². The Morgan fingerprint density at radius 2 is 2.10 bits per heavy atom. The number of ether oxygens (including phenoxy) is 1. The summed E-state index contributed by atoms with van der Waals surface area (Å²) in [6, 6.07) is 7.34. The standard InChI is InChI=1S/C15H24N2O3/c1-12(18)8-10-17(2)11-9-15(19)16-13-6-4-5-7-14(13)20-3/h4-7,12,18H,8-11H2,1-3H3,(H,16,19). The normalized spacial score (nSPS) is 12.2. The summed E-state index contributed by atoms with van der Waals surface area (Å²) < 4.78 is 5.18. The van der Waals surface area contributed by atoms with Crippen LogP contribution in [0, 0.1) is 0 Å². The number of nitrogens with zero attached hydrogens (tertiary/aromatic N) is 1. The Labute approximate surface area is 120 Å². The Morgan fingerprint density at radius 3 is 2.75 bits per heavy atom. The predicted molar refractivity (Wildman–Crippen MR) is 80.0 cm³/mol. The van der Waals surface area contributed by atoms with Gasteiger partial charge in [0.2, 0.25) is 5.91 Å². The molecule has 1 amide bonds. The van der Waals surface area contributed by atoms with Crippen LogP contribution in [-0.4, -0.2) is 49.3 Å². The van der Waals surface area contributed by atoms with E-state index in [0.717, 1.165) is 6.54 Å². The molecule has 1 unspecified atom stereocenters. The maximum Gasteiger partial charge on any atom is 0.225 e. The van der Waals surface area contributed by atoms with Crippen LogP contribution in [0.3, 0.4) is 0 Å². The van der Waals surface area contributed by atoms with Crippen molar-refractivity contribution < 1.29 is 14.6 Å². The van der Waals surface area contributed by atoms with Crippen LogP contribution in [0.25, 0.3) is 0 Å². The molecule has 0 heterocycles. The summed E-state index contributed by atoms with van der Waals surface area (Å²) in [6.45, 7) is 3.20. The second-order valence-electron chi connectivity index (χ2n) is 4.94. The predicted octanol–water partition coefficient (Wildman–Crippen LogP) is 1.73. The highest BCUT2D eigenvalue weighted by molar-refractivity contribution is 5.92. The van der Waals surface area contributed by atoms with Gasteiger partial charge in [0, 0.05) is 19.5 Å². The highest BCUT2D eigenvalue weighted by Crippen LogP contribution is 2.22. The first-order valence-electron chi connectivity index (χ1n) is 6.82. The zero-order valence-electron chi connectivity index (χ0n) is 12.4. The van der Waals surface area contributed by atoms with Gasteiger partial charge in [-0.1, -0.05) is 12.1 Å². The van der Waals surface area contributed by atoms with E-state index in [1.165, 1.54) is 0 Å². The minimum absolute atomic E-state index is 0.0432. The molecule has 0 aliphatic heterocycles. The minimum Gasteiger partial charge on any atom is -0.495 e. The molecule has 1 aromatic carbocycles. The fourth-order valence-electron chi connectivity index (χ4n) is 1.77. The molecule has 1 rings (SSSR count). The topological polar surface area (TPSA) is 61.8 Å². The number of para-hydroxylation sites is 2. The lowest BCUT2D eigenvalue weighted by Gasteiger charge is -2.17. The molecule has 112 valence electrons. The van der Waals surface area contributed by atoms with Gasteiger partial charge < -0.3 is 20.1 Å². The summed E-state index contributed by atoms with van der Waals surface area (Å²) >= 11 is 0. The summed E-state index contributed by atoms with van der Waals surface area (Å²) in [5, 5.41) is 12.1. The van der Waals surface area contributed by atoms with Crippen LogP contribution in [0.15, 0.2) is 24.3 Å². The van der Waals surface area contributed by atoms with Crippen LogP contribution in [0.4, 0.5) is 5.69 Å². The first kappa shape index (κ1) is 16.5. The Morgan fingerprint density at radius 1 is 1.40 bits per heavy atom. The molecule has 2 N–H and O–H groups in total. The van der Waals surface area contributed by atoms with Crippen molar-refractivity contribution in [2.75, 3.05) is 32.6 Å². The van der Waals surface area contributed by atoms with Crippen LogP contribution in [0.1, 0.15) is 19.8 Å². The van der Waals surface area contributed by atoms with E-state index in [2.05, 4.69) is 5.32 Å². The maximum absolute atomic E-state index is 11.9. The van der Waals surface area contributed by atoms with Crippen LogP contribution < -0.4 is 10.1 Å². The molecule has 5 nitrogen and oxygen atoms in total. The number of carbonyl (C=O) groups excluding carboxylic acids is 1. The van der Waals surface area contributed by atoms with Crippen LogP contribution in [0.2, 0.25) is 0 Å². The fourth-order valence-corrected chi connectivity index (χ4v) is 1.77. The first-order chi connectivity index (χ1) is 9.52. The quantitative estimate of drug-likeness (QED) is 0.761. The molecule has 1 atom stereocenters. The average Bonchev–Trinajstić information content (AvgIpc) is 2.43. The SMILES string of the molecule is COc1ccccc1NC(=O)CCN(C)CCC(C)O. The van der Waals surface area contributed by atoms with Gasteiger partial charge in [-0.25, -0.2) is 0 Å². The number of hydrogen-bond acceptors (Lipinski definition) is 4. The van der Waals surface area contributed by atoms with E-state index in [4.69, 9.17) is 4.74 Å². The third-order valence-electron chi connectivity index (χ3n) is 3.03. The first-order valence-corrected chi connectivity index (χ1v) is 6.82. The van der Waals surface area contributed by atoms with E-state index in [9.17, 15) is 9.90 Å². The molecule has 20 heavy (non-hydrogen) atoms. The summed E-state index contributed by atoms with van der Waals surface area (Å²) in [4.78, 5) is 13.9. The molecule has 0 aliphatic carbocycles. The smallest absolute Gasteiger partial charge is 0.225 e. The molecule has 0 spiro atoms. The van der Waals surface area contributed by atoms with Gasteiger partial charge in [0.05, 0.1) is 18.9 Å². The summed E-state index contributed by atoms with van der Waals surface area (Å²) in [7, 11) is 3.52. The molecule has 0 radical (unpaired) electrons. The average molecular weight is 280 g/mol. The van der Waals surface area contributed by atoms with Gasteiger partial charge in [-0.15, -0.1) is 0 Å². The lowest BCUT2D eigenvalue weighted by Crippen LogP contribution is -2.26. The van der Waals surface area contributed by atoms with Crippen molar-refractivity contribution in [3.05, 3.63) is 24.3 Å². The number of hydrogen-bond donors (Lipinski definition) is 2.